The van der Waals surface area contributed by atoms with Crippen LogP contribution in [0.2, 0.25) is 0 Å². The van der Waals surface area contributed by atoms with Gasteiger partial charge in [0.15, 0.2) is 0 Å². The fourth-order valence-corrected chi connectivity index (χ4v) is 4.33. The van der Waals surface area contributed by atoms with E-state index < -0.39 is 0 Å². The van der Waals surface area contributed by atoms with Gasteiger partial charge in [-0.2, -0.15) is 0 Å². The van der Waals surface area contributed by atoms with Gasteiger partial charge in [-0.25, -0.2) is 0 Å². The molecule has 1 saturated carbocycles. The second kappa shape index (κ2) is 4.87. The molecule has 0 aromatic heterocycles. The number of rotatable bonds is 1. The smallest absolute Gasteiger partial charge is 0.0695 e. The molecular weight excluding hydrogens is 212 g/mol. The lowest BCUT2D eigenvalue weighted by Gasteiger charge is -2.48. The van der Waals surface area contributed by atoms with Crippen LogP contribution in [-0.4, -0.2) is 59.8 Å². The number of fused-ring (bicyclic) bond motifs is 1. The van der Waals surface area contributed by atoms with Crippen molar-refractivity contribution < 1.29 is 5.11 Å². The van der Waals surface area contributed by atoms with Crippen LogP contribution < -0.4 is 0 Å². The van der Waals surface area contributed by atoms with Crippen molar-refractivity contribution in [3.05, 3.63) is 0 Å². The van der Waals surface area contributed by atoms with Crippen molar-refractivity contribution in [2.24, 2.45) is 5.92 Å². The highest BCUT2D eigenvalue weighted by Gasteiger charge is 2.39. The first-order chi connectivity index (χ1) is 8.25. The van der Waals surface area contributed by atoms with Crippen LogP contribution in [0.1, 0.15) is 38.5 Å². The number of likely N-dealkylation sites (tertiary alicyclic amines) is 2. The minimum absolute atomic E-state index is 0.0483. The SMILES string of the molecule is CN1CCCC2CN([C@H]3CCC[C@@H]3O)CCC21. The average Bonchev–Trinajstić information content (AvgIpc) is 2.75. The molecule has 2 heterocycles. The molecule has 1 aliphatic carbocycles. The van der Waals surface area contributed by atoms with Gasteiger partial charge in [0.1, 0.15) is 0 Å². The molecule has 0 aromatic rings. The van der Waals surface area contributed by atoms with Crippen LogP contribution in [-0.2, 0) is 0 Å². The Morgan fingerprint density at radius 2 is 1.82 bits per heavy atom. The molecule has 4 atom stereocenters. The van der Waals surface area contributed by atoms with Gasteiger partial charge in [-0.05, 0) is 58.0 Å². The van der Waals surface area contributed by atoms with Gasteiger partial charge >= 0.3 is 0 Å². The van der Waals surface area contributed by atoms with Crippen molar-refractivity contribution >= 4 is 0 Å². The lowest BCUT2D eigenvalue weighted by atomic mass is 9.83. The Balaban J connectivity index is 1.63. The highest BCUT2D eigenvalue weighted by atomic mass is 16.3. The van der Waals surface area contributed by atoms with E-state index in [-0.39, 0.29) is 6.10 Å². The van der Waals surface area contributed by atoms with Crippen LogP contribution in [0.5, 0.6) is 0 Å². The van der Waals surface area contributed by atoms with Gasteiger partial charge in [0.2, 0.25) is 0 Å². The first-order valence-electron chi connectivity index (χ1n) is 7.38. The number of hydrogen-bond acceptors (Lipinski definition) is 3. The zero-order chi connectivity index (χ0) is 11.8. The number of hydrogen-bond donors (Lipinski definition) is 1. The van der Waals surface area contributed by atoms with E-state index in [1.54, 1.807) is 0 Å². The maximum Gasteiger partial charge on any atom is 0.0695 e. The van der Waals surface area contributed by atoms with Gasteiger partial charge in [-0.3, -0.25) is 4.90 Å². The third kappa shape index (κ3) is 2.25. The van der Waals surface area contributed by atoms with Gasteiger partial charge in [-0.15, -0.1) is 0 Å². The molecule has 0 amide bonds. The van der Waals surface area contributed by atoms with Gasteiger partial charge in [0.25, 0.3) is 0 Å². The Morgan fingerprint density at radius 3 is 2.59 bits per heavy atom. The quantitative estimate of drug-likeness (QED) is 0.746. The predicted octanol–water partition coefficient (Wildman–Crippen LogP) is 1.32. The zero-order valence-electron chi connectivity index (χ0n) is 11.0. The molecule has 3 nitrogen and oxygen atoms in total. The van der Waals surface area contributed by atoms with E-state index in [2.05, 4.69) is 16.8 Å². The van der Waals surface area contributed by atoms with E-state index in [1.165, 1.54) is 51.7 Å². The van der Waals surface area contributed by atoms with E-state index >= 15 is 0 Å². The summed E-state index contributed by atoms with van der Waals surface area (Å²) in [5, 5.41) is 10.0. The van der Waals surface area contributed by atoms with Crippen LogP contribution in [0.3, 0.4) is 0 Å². The minimum atomic E-state index is -0.0483. The Morgan fingerprint density at radius 1 is 0.941 bits per heavy atom. The van der Waals surface area contributed by atoms with Gasteiger partial charge < -0.3 is 10.0 Å². The van der Waals surface area contributed by atoms with E-state index in [0.717, 1.165) is 18.4 Å². The summed E-state index contributed by atoms with van der Waals surface area (Å²) >= 11 is 0. The first-order valence-corrected chi connectivity index (χ1v) is 7.38. The molecule has 0 radical (unpaired) electrons. The third-order valence-corrected chi connectivity index (χ3v) is 5.29. The van der Waals surface area contributed by atoms with E-state index in [1.807, 2.05) is 0 Å². The Labute approximate surface area is 105 Å². The second-order valence-corrected chi connectivity index (χ2v) is 6.30. The van der Waals surface area contributed by atoms with Crippen LogP contribution in [0.15, 0.2) is 0 Å². The maximum atomic E-state index is 10.0. The van der Waals surface area contributed by atoms with Crippen molar-refractivity contribution in [1.29, 1.82) is 0 Å². The van der Waals surface area contributed by atoms with Crippen LogP contribution in [0.4, 0.5) is 0 Å². The average molecular weight is 238 g/mol. The molecule has 1 N–H and O–H groups in total. The molecule has 2 saturated heterocycles. The highest BCUT2D eigenvalue weighted by Crippen LogP contribution is 2.33. The normalized spacial score (nSPS) is 44.8. The fourth-order valence-electron chi connectivity index (χ4n) is 4.33. The molecule has 98 valence electrons. The number of aliphatic hydroxyl groups is 1. The molecule has 3 aliphatic rings. The zero-order valence-corrected chi connectivity index (χ0v) is 11.0. The fraction of sp³-hybridized carbons (Fsp3) is 1.00. The van der Waals surface area contributed by atoms with Crippen LogP contribution >= 0.6 is 0 Å². The van der Waals surface area contributed by atoms with Crippen molar-refractivity contribution in [2.75, 3.05) is 26.7 Å². The summed E-state index contributed by atoms with van der Waals surface area (Å²) in [6.45, 7) is 3.72. The number of aliphatic hydroxyl groups excluding tert-OH is 1. The molecule has 0 aromatic carbocycles. The predicted molar refractivity (Wildman–Crippen MR) is 69.0 cm³/mol. The van der Waals surface area contributed by atoms with Crippen molar-refractivity contribution in [3.8, 4) is 0 Å². The summed E-state index contributed by atoms with van der Waals surface area (Å²) in [6.07, 6.45) is 7.48. The largest absolute Gasteiger partial charge is 0.391 e. The van der Waals surface area contributed by atoms with Crippen molar-refractivity contribution in [1.82, 2.24) is 9.80 Å². The molecule has 3 heteroatoms. The van der Waals surface area contributed by atoms with Crippen LogP contribution in [0.25, 0.3) is 0 Å². The molecule has 17 heavy (non-hydrogen) atoms. The van der Waals surface area contributed by atoms with E-state index in [9.17, 15) is 5.11 Å². The molecule has 0 bridgehead atoms. The summed E-state index contributed by atoms with van der Waals surface area (Å²) in [4.78, 5) is 5.16. The number of nitrogens with zero attached hydrogens (tertiary/aromatic N) is 2. The first kappa shape index (κ1) is 11.9. The summed E-state index contributed by atoms with van der Waals surface area (Å²) in [5.74, 6) is 0.857. The lowest BCUT2D eigenvalue weighted by molar-refractivity contribution is -0.00687. The molecule has 3 fully saturated rings. The Kier molecular flexibility index (Phi) is 3.42. The van der Waals surface area contributed by atoms with Gasteiger partial charge in [-0.1, -0.05) is 0 Å². The second-order valence-electron chi connectivity index (χ2n) is 6.30. The Hall–Kier alpha value is -0.120. The Bertz CT molecular complexity index is 271. The van der Waals surface area contributed by atoms with Crippen LogP contribution in [0, 0.1) is 5.92 Å². The highest BCUT2D eigenvalue weighted by molar-refractivity contribution is 4.94. The molecule has 3 rings (SSSR count). The standard InChI is InChI=1S/C14H26N2O/c1-15-8-3-4-11-10-16(9-7-12(11)15)13-5-2-6-14(13)17/h11-14,17H,2-10H2,1H3/t11?,12?,13-,14-/m0/s1. The summed E-state index contributed by atoms with van der Waals surface area (Å²) in [6, 6.07) is 1.29. The van der Waals surface area contributed by atoms with Gasteiger partial charge in [0.05, 0.1) is 6.10 Å². The minimum Gasteiger partial charge on any atom is -0.391 e. The molecule has 0 spiro atoms. The lowest BCUT2D eigenvalue weighted by Crippen LogP contribution is -2.55. The van der Waals surface area contributed by atoms with Gasteiger partial charge in [0, 0.05) is 25.2 Å². The van der Waals surface area contributed by atoms with Crippen molar-refractivity contribution in [3.63, 3.8) is 0 Å². The van der Waals surface area contributed by atoms with E-state index in [4.69, 9.17) is 0 Å². The van der Waals surface area contributed by atoms with E-state index in [0.29, 0.717) is 6.04 Å². The molecular formula is C14H26N2O. The number of piperidine rings is 2. The third-order valence-electron chi connectivity index (χ3n) is 5.29. The topological polar surface area (TPSA) is 26.7 Å². The summed E-state index contributed by atoms with van der Waals surface area (Å²) in [5.41, 5.74) is 0. The van der Waals surface area contributed by atoms with Crippen molar-refractivity contribution in [2.45, 2.75) is 56.7 Å². The monoisotopic (exact) mass is 238 g/mol. The summed E-state index contributed by atoms with van der Waals surface area (Å²) < 4.78 is 0. The molecule has 2 aliphatic heterocycles. The molecule has 2 unspecified atom stereocenters. The maximum absolute atomic E-state index is 10.0. The summed E-state index contributed by atoms with van der Waals surface area (Å²) in [7, 11) is 2.29.